The Labute approximate surface area is 179 Å². The van der Waals surface area contributed by atoms with E-state index in [1.165, 1.54) is 18.3 Å². The third-order valence-corrected chi connectivity index (χ3v) is 4.57. The van der Waals surface area contributed by atoms with E-state index in [0.717, 1.165) is 11.8 Å². The summed E-state index contributed by atoms with van der Waals surface area (Å²) in [5, 5.41) is 26.6. The number of anilines is 3. The van der Waals surface area contributed by atoms with Crippen molar-refractivity contribution in [1.82, 2.24) is 10.3 Å². The summed E-state index contributed by atoms with van der Waals surface area (Å²) in [6, 6.07) is 15.3. The van der Waals surface area contributed by atoms with Gasteiger partial charge < -0.3 is 21.1 Å². The van der Waals surface area contributed by atoms with E-state index in [4.69, 9.17) is 5.41 Å². The molecule has 0 aliphatic heterocycles. The average molecular weight is 421 g/mol. The number of amides is 2. The fourth-order valence-electron chi connectivity index (χ4n) is 3.05. The number of rotatable bonds is 7. The number of aromatic nitrogens is 1. The minimum atomic E-state index is -1.20. The molecule has 160 valence electrons. The van der Waals surface area contributed by atoms with Crippen molar-refractivity contribution < 1.29 is 14.3 Å². The second kappa shape index (κ2) is 9.36. The third-order valence-electron chi connectivity index (χ3n) is 4.57. The minimum Gasteiger partial charge on any atom is -0.388 e. The predicted octanol–water partition coefficient (Wildman–Crippen LogP) is 4.60. The fraction of sp³-hybridized carbons (Fsp3) is 0.174. The summed E-state index contributed by atoms with van der Waals surface area (Å²) < 4.78 is 13.1. The molecule has 8 heteroatoms. The van der Waals surface area contributed by atoms with Crippen molar-refractivity contribution in [2.24, 2.45) is 0 Å². The molecule has 7 nitrogen and oxygen atoms in total. The van der Waals surface area contributed by atoms with Crippen molar-refractivity contribution in [3.05, 3.63) is 83.8 Å². The van der Waals surface area contributed by atoms with Gasteiger partial charge in [0.05, 0.1) is 23.5 Å². The van der Waals surface area contributed by atoms with Crippen molar-refractivity contribution in [2.75, 3.05) is 10.6 Å². The summed E-state index contributed by atoms with van der Waals surface area (Å²) in [4.78, 5) is 16.8. The number of halogens is 1. The summed E-state index contributed by atoms with van der Waals surface area (Å²) in [7, 11) is 0. The predicted molar refractivity (Wildman–Crippen MR) is 119 cm³/mol. The highest BCUT2D eigenvalue weighted by Gasteiger charge is 2.30. The quantitative estimate of drug-likeness (QED) is 0.359. The Morgan fingerprint density at radius 3 is 2.45 bits per heavy atom. The Hall–Kier alpha value is -3.78. The minimum absolute atomic E-state index is 0.239. The Balaban J connectivity index is 1.73. The van der Waals surface area contributed by atoms with Crippen LogP contribution in [0.2, 0.25) is 0 Å². The normalized spacial score (nSPS) is 12.0. The van der Waals surface area contributed by atoms with Crippen molar-refractivity contribution in [3.8, 4) is 0 Å². The average Bonchev–Trinajstić information content (AvgIpc) is 2.74. The molecule has 3 aromatic rings. The number of benzene rings is 2. The molecule has 1 heterocycles. The molecular weight excluding hydrogens is 397 g/mol. The standard InChI is InChI=1S/C23H24FN5O2/c1-23(2,31)21(15-6-4-3-5-7-15)29-22(30)28-20-12-16(13-25)19(14-26-20)27-18-10-8-17(24)9-11-18/h3-14,21,25,27,31H,1-2H3,(H2,26,28,29,30)/t21-/m0/s1. The summed E-state index contributed by atoms with van der Waals surface area (Å²) >= 11 is 0. The van der Waals surface area contributed by atoms with E-state index in [1.54, 1.807) is 32.0 Å². The van der Waals surface area contributed by atoms with Gasteiger partial charge in [0.25, 0.3) is 0 Å². The Kier molecular flexibility index (Phi) is 6.61. The van der Waals surface area contributed by atoms with E-state index in [1.807, 2.05) is 30.3 Å². The van der Waals surface area contributed by atoms with Gasteiger partial charge in [-0.1, -0.05) is 30.3 Å². The van der Waals surface area contributed by atoms with E-state index in [0.29, 0.717) is 16.9 Å². The maximum Gasteiger partial charge on any atom is 0.320 e. The maximum atomic E-state index is 13.1. The Bertz CT molecular complexity index is 1050. The van der Waals surface area contributed by atoms with Crippen LogP contribution in [0, 0.1) is 11.2 Å². The zero-order chi connectivity index (χ0) is 22.4. The molecule has 0 bridgehead atoms. The SMILES string of the molecule is CC(C)(O)[C@@H](NC(=O)Nc1cc(C=N)c(Nc2ccc(F)cc2)cn1)c1ccccc1. The molecule has 1 aromatic heterocycles. The van der Waals surface area contributed by atoms with Gasteiger partial charge in [-0.15, -0.1) is 0 Å². The molecule has 0 fully saturated rings. The molecule has 31 heavy (non-hydrogen) atoms. The number of aliphatic hydroxyl groups is 1. The fourth-order valence-corrected chi connectivity index (χ4v) is 3.05. The lowest BCUT2D eigenvalue weighted by atomic mass is 9.92. The van der Waals surface area contributed by atoms with E-state index < -0.39 is 17.7 Å². The number of urea groups is 1. The van der Waals surface area contributed by atoms with E-state index in [9.17, 15) is 14.3 Å². The van der Waals surface area contributed by atoms with Crippen molar-refractivity contribution in [1.29, 1.82) is 5.41 Å². The smallest absolute Gasteiger partial charge is 0.320 e. The van der Waals surface area contributed by atoms with Crippen molar-refractivity contribution in [2.45, 2.75) is 25.5 Å². The topological polar surface area (TPSA) is 110 Å². The lowest BCUT2D eigenvalue weighted by molar-refractivity contribution is 0.0415. The molecule has 0 aliphatic rings. The number of nitrogens with one attached hydrogen (secondary N) is 4. The van der Waals surface area contributed by atoms with Crippen LogP contribution >= 0.6 is 0 Å². The molecule has 1 atom stereocenters. The Morgan fingerprint density at radius 1 is 1.16 bits per heavy atom. The van der Waals surface area contributed by atoms with Crippen LogP contribution in [-0.4, -0.2) is 27.9 Å². The van der Waals surface area contributed by atoms with Gasteiger partial charge in [-0.2, -0.15) is 0 Å². The summed E-state index contributed by atoms with van der Waals surface area (Å²) in [6.45, 7) is 3.23. The van der Waals surface area contributed by atoms with Gasteiger partial charge in [0.2, 0.25) is 0 Å². The van der Waals surface area contributed by atoms with Crippen LogP contribution in [0.1, 0.15) is 31.0 Å². The zero-order valence-electron chi connectivity index (χ0n) is 17.2. The van der Waals surface area contributed by atoms with Crippen LogP contribution in [0.4, 0.5) is 26.4 Å². The van der Waals surface area contributed by atoms with Crippen molar-refractivity contribution >= 4 is 29.4 Å². The van der Waals surface area contributed by atoms with Gasteiger partial charge in [0, 0.05) is 17.5 Å². The number of carbonyl (C=O) groups is 1. The molecule has 0 radical (unpaired) electrons. The first-order chi connectivity index (χ1) is 14.8. The first-order valence-electron chi connectivity index (χ1n) is 9.64. The summed E-state index contributed by atoms with van der Waals surface area (Å²) in [6.07, 6.45) is 2.60. The molecule has 0 aliphatic carbocycles. The lowest BCUT2D eigenvalue weighted by Crippen LogP contribution is -2.43. The van der Waals surface area contributed by atoms with Crippen LogP contribution in [0.25, 0.3) is 0 Å². The number of carbonyl (C=O) groups excluding carboxylic acids is 1. The molecule has 0 saturated carbocycles. The van der Waals surface area contributed by atoms with Crippen molar-refractivity contribution in [3.63, 3.8) is 0 Å². The second-order valence-electron chi connectivity index (χ2n) is 7.53. The highest BCUT2D eigenvalue weighted by Crippen LogP contribution is 2.26. The number of hydrogen-bond acceptors (Lipinski definition) is 5. The first kappa shape index (κ1) is 21.9. The van der Waals surface area contributed by atoms with Crippen LogP contribution < -0.4 is 16.0 Å². The van der Waals surface area contributed by atoms with Crippen LogP contribution in [0.15, 0.2) is 66.9 Å². The third kappa shape index (κ3) is 5.86. The van der Waals surface area contributed by atoms with Gasteiger partial charge in [0.15, 0.2) is 0 Å². The summed E-state index contributed by atoms with van der Waals surface area (Å²) in [5.74, 6) is -0.107. The molecule has 0 saturated heterocycles. The molecular formula is C23H24FN5O2. The van der Waals surface area contributed by atoms with E-state index >= 15 is 0 Å². The zero-order valence-corrected chi connectivity index (χ0v) is 17.2. The lowest BCUT2D eigenvalue weighted by Gasteiger charge is -2.30. The molecule has 2 amide bonds. The highest BCUT2D eigenvalue weighted by atomic mass is 19.1. The van der Waals surface area contributed by atoms with Crippen LogP contribution in [0.3, 0.4) is 0 Å². The highest BCUT2D eigenvalue weighted by molar-refractivity contribution is 5.92. The first-order valence-corrected chi connectivity index (χ1v) is 9.64. The molecule has 2 aromatic carbocycles. The molecule has 0 unspecified atom stereocenters. The van der Waals surface area contributed by atoms with Gasteiger partial charge in [-0.3, -0.25) is 5.32 Å². The number of pyridine rings is 1. The van der Waals surface area contributed by atoms with Crippen LogP contribution in [0.5, 0.6) is 0 Å². The van der Waals surface area contributed by atoms with Gasteiger partial charge >= 0.3 is 6.03 Å². The molecule has 0 spiro atoms. The molecule has 3 rings (SSSR count). The van der Waals surface area contributed by atoms with Gasteiger partial charge in [0.1, 0.15) is 11.6 Å². The monoisotopic (exact) mass is 421 g/mol. The van der Waals surface area contributed by atoms with E-state index in [-0.39, 0.29) is 11.6 Å². The molecule has 5 N–H and O–H groups in total. The van der Waals surface area contributed by atoms with E-state index in [2.05, 4.69) is 20.9 Å². The number of hydrogen-bond donors (Lipinski definition) is 5. The largest absolute Gasteiger partial charge is 0.388 e. The van der Waals surface area contributed by atoms with Gasteiger partial charge in [-0.25, -0.2) is 14.2 Å². The van der Waals surface area contributed by atoms with Crippen LogP contribution in [-0.2, 0) is 0 Å². The second-order valence-corrected chi connectivity index (χ2v) is 7.53. The summed E-state index contributed by atoms with van der Waals surface area (Å²) in [5.41, 5.74) is 1.22. The maximum absolute atomic E-state index is 13.1. The Morgan fingerprint density at radius 2 is 1.84 bits per heavy atom. The number of nitrogens with zero attached hydrogens (tertiary/aromatic N) is 1. The van der Waals surface area contributed by atoms with Gasteiger partial charge in [-0.05, 0) is 49.7 Å².